The Labute approximate surface area is 140 Å². The fourth-order valence-corrected chi connectivity index (χ4v) is 3.56. The van der Waals surface area contributed by atoms with E-state index in [4.69, 9.17) is 0 Å². The van der Waals surface area contributed by atoms with Crippen LogP contribution in [0.25, 0.3) is 0 Å². The van der Waals surface area contributed by atoms with E-state index >= 15 is 0 Å². The molecule has 23 heavy (non-hydrogen) atoms. The summed E-state index contributed by atoms with van der Waals surface area (Å²) < 4.78 is 0. The number of hydrogen-bond donors (Lipinski definition) is 0. The average molecular weight is 328 g/mol. The van der Waals surface area contributed by atoms with E-state index in [2.05, 4.69) is 6.92 Å². The van der Waals surface area contributed by atoms with Gasteiger partial charge in [-0.1, -0.05) is 31.2 Å². The molecule has 1 fully saturated rings. The van der Waals surface area contributed by atoms with Crippen molar-refractivity contribution in [2.45, 2.75) is 19.8 Å². The number of para-hydroxylation sites is 1. The fourth-order valence-electron chi connectivity index (χ4n) is 2.91. The topological polar surface area (TPSA) is 40.6 Å². The largest absolute Gasteiger partial charge is 0.331 e. The number of carbonyl (C=O) groups is 2. The van der Waals surface area contributed by atoms with Gasteiger partial charge in [0.15, 0.2) is 0 Å². The molecule has 2 aromatic rings. The van der Waals surface area contributed by atoms with Gasteiger partial charge < -0.3 is 4.90 Å². The summed E-state index contributed by atoms with van der Waals surface area (Å²) in [5.41, 5.74) is 0.620. The number of benzene rings is 1. The Morgan fingerprint density at radius 1 is 1.17 bits per heavy atom. The lowest BCUT2D eigenvalue weighted by Gasteiger charge is -2.34. The zero-order chi connectivity index (χ0) is 16.2. The quantitative estimate of drug-likeness (QED) is 0.827. The molecule has 0 bridgehead atoms. The first-order valence-corrected chi connectivity index (χ1v) is 8.76. The molecule has 1 aromatic carbocycles. The van der Waals surface area contributed by atoms with E-state index in [-0.39, 0.29) is 11.9 Å². The van der Waals surface area contributed by atoms with Crippen LogP contribution in [0.3, 0.4) is 0 Å². The van der Waals surface area contributed by atoms with Crippen LogP contribution in [0.15, 0.2) is 47.8 Å². The van der Waals surface area contributed by atoms with Crippen LogP contribution in [0.2, 0.25) is 0 Å². The number of urea groups is 1. The highest BCUT2D eigenvalue weighted by Gasteiger charge is 2.31. The molecule has 0 spiro atoms. The Kier molecular flexibility index (Phi) is 4.76. The van der Waals surface area contributed by atoms with Crippen molar-refractivity contribution in [3.63, 3.8) is 0 Å². The highest BCUT2D eigenvalue weighted by Crippen LogP contribution is 2.24. The minimum Gasteiger partial charge on any atom is -0.324 e. The molecular formula is C18H20N2O2S. The maximum Gasteiger partial charge on any atom is 0.331 e. The third kappa shape index (κ3) is 3.45. The molecule has 1 aliphatic heterocycles. The summed E-state index contributed by atoms with van der Waals surface area (Å²) in [6.45, 7) is 3.57. The van der Waals surface area contributed by atoms with Gasteiger partial charge in [0.1, 0.15) is 0 Å². The highest BCUT2D eigenvalue weighted by atomic mass is 32.1. The third-order valence-electron chi connectivity index (χ3n) is 4.07. The van der Waals surface area contributed by atoms with Crippen molar-refractivity contribution in [1.29, 1.82) is 0 Å². The third-order valence-corrected chi connectivity index (χ3v) is 4.93. The first-order valence-electron chi connectivity index (χ1n) is 7.88. The second kappa shape index (κ2) is 6.96. The van der Waals surface area contributed by atoms with Crippen molar-refractivity contribution in [2.75, 3.05) is 18.0 Å². The number of thiophene rings is 1. The minimum absolute atomic E-state index is 0.221. The van der Waals surface area contributed by atoms with Crippen molar-refractivity contribution in [2.24, 2.45) is 5.92 Å². The predicted octanol–water partition coefficient (Wildman–Crippen LogP) is 4.25. The molecule has 1 aliphatic rings. The summed E-state index contributed by atoms with van der Waals surface area (Å²) in [7, 11) is 0. The molecule has 1 unspecified atom stereocenters. The molecule has 0 saturated carbocycles. The Morgan fingerprint density at radius 3 is 2.61 bits per heavy atom. The van der Waals surface area contributed by atoms with Crippen LogP contribution in [-0.4, -0.2) is 29.9 Å². The zero-order valence-electron chi connectivity index (χ0n) is 13.1. The Balaban J connectivity index is 1.92. The van der Waals surface area contributed by atoms with E-state index in [0.717, 1.165) is 12.8 Å². The number of piperidine rings is 1. The summed E-state index contributed by atoms with van der Waals surface area (Å²) in [6, 6.07) is 12.5. The number of nitrogens with zero attached hydrogens (tertiary/aromatic N) is 2. The number of rotatable bonds is 2. The lowest BCUT2D eigenvalue weighted by atomic mass is 10.0. The summed E-state index contributed by atoms with van der Waals surface area (Å²) in [6.07, 6.45) is 2.12. The predicted molar refractivity (Wildman–Crippen MR) is 92.9 cm³/mol. The van der Waals surface area contributed by atoms with E-state index < -0.39 is 0 Å². The molecule has 4 nitrogen and oxygen atoms in total. The van der Waals surface area contributed by atoms with Gasteiger partial charge in [-0.2, -0.15) is 0 Å². The molecule has 0 radical (unpaired) electrons. The smallest absolute Gasteiger partial charge is 0.324 e. The van der Waals surface area contributed by atoms with E-state index in [0.29, 0.717) is 29.6 Å². The summed E-state index contributed by atoms with van der Waals surface area (Å²) in [4.78, 5) is 29.6. The lowest BCUT2D eigenvalue weighted by Crippen LogP contribution is -2.49. The molecule has 3 rings (SSSR count). The van der Waals surface area contributed by atoms with Crippen molar-refractivity contribution in [3.8, 4) is 0 Å². The molecule has 2 heterocycles. The number of likely N-dealkylation sites (tertiary alicyclic amines) is 1. The van der Waals surface area contributed by atoms with E-state index in [1.165, 1.54) is 16.2 Å². The highest BCUT2D eigenvalue weighted by molar-refractivity contribution is 7.12. The van der Waals surface area contributed by atoms with Gasteiger partial charge in [0.05, 0.1) is 10.6 Å². The molecule has 120 valence electrons. The minimum atomic E-state index is -0.255. The number of imide groups is 1. The van der Waals surface area contributed by atoms with Crippen LogP contribution in [0, 0.1) is 5.92 Å². The van der Waals surface area contributed by atoms with Gasteiger partial charge in [0, 0.05) is 13.1 Å². The summed E-state index contributed by atoms with van der Waals surface area (Å²) in [5, 5.41) is 1.85. The standard InChI is InChI=1S/C18H20N2O2S/c1-14-7-5-11-19(13-14)18(22)20(15-8-3-2-4-9-15)17(21)16-10-6-12-23-16/h2-4,6,8-10,12,14H,5,7,11,13H2,1H3. The van der Waals surface area contributed by atoms with Gasteiger partial charge in [-0.15, -0.1) is 11.3 Å². The number of anilines is 1. The number of hydrogen-bond acceptors (Lipinski definition) is 3. The molecule has 0 aliphatic carbocycles. The maximum absolute atomic E-state index is 13.0. The van der Waals surface area contributed by atoms with Gasteiger partial charge in [0.2, 0.25) is 0 Å². The average Bonchev–Trinajstić information content (AvgIpc) is 3.10. The van der Waals surface area contributed by atoms with Crippen molar-refractivity contribution in [1.82, 2.24) is 4.90 Å². The SMILES string of the molecule is CC1CCCN(C(=O)N(C(=O)c2cccs2)c2ccccc2)C1. The molecule has 0 N–H and O–H groups in total. The molecular weight excluding hydrogens is 308 g/mol. The van der Waals surface area contributed by atoms with Gasteiger partial charge in [-0.05, 0) is 42.3 Å². The monoisotopic (exact) mass is 328 g/mol. The van der Waals surface area contributed by atoms with Gasteiger partial charge >= 0.3 is 6.03 Å². The van der Waals surface area contributed by atoms with Crippen molar-refractivity contribution < 1.29 is 9.59 Å². The molecule has 1 atom stereocenters. The van der Waals surface area contributed by atoms with Crippen LogP contribution < -0.4 is 4.90 Å². The second-order valence-corrected chi connectivity index (χ2v) is 6.88. The van der Waals surface area contributed by atoms with E-state index in [9.17, 15) is 9.59 Å². The molecule has 3 amide bonds. The van der Waals surface area contributed by atoms with Crippen molar-refractivity contribution in [3.05, 3.63) is 52.7 Å². The van der Waals surface area contributed by atoms with Crippen LogP contribution >= 0.6 is 11.3 Å². The second-order valence-electron chi connectivity index (χ2n) is 5.93. The summed E-state index contributed by atoms with van der Waals surface area (Å²) >= 11 is 1.36. The van der Waals surface area contributed by atoms with Crippen LogP contribution in [0.4, 0.5) is 10.5 Å². The first-order chi connectivity index (χ1) is 11.2. The Hall–Kier alpha value is -2.14. The maximum atomic E-state index is 13.0. The number of amides is 3. The zero-order valence-corrected chi connectivity index (χ0v) is 14.0. The Morgan fingerprint density at radius 2 is 1.96 bits per heavy atom. The van der Waals surface area contributed by atoms with Crippen LogP contribution in [0.1, 0.15) is 29.4 Å². The summed E-state index contributed by atoms with van der Waals surface area (Å²) in [5.74, 6) is 0.219. The normalized spacial score (nSPS) is 17.8. The lowest BCUT2D eigenvalue weighted by molar-refractivity contribution is 0.0984. The molecule has 5 heteroatoms. The number of carbonyl (C=O) groups excluding carboxylic acids is 2. The van der Waals surface area contributed by atoms with Crippen molar-refractivity contribution >= 4 is 29.0 Å². The van der Waals surface area contributed by atoms with Gasteiger partial charge in [-0.3, -0.25) is 4.79 Å². The van der Waals surface area contributed by atoms with Crippen LogP contribution in [0.5, 0.6) is 0 Å². The van der Waals surface area contributed by atoms with Gasteiger partial charge in [0.25, 0.3) is 5.91 Å². The fraction of sp³-hybridized carbons (Fsp3) is 0.333. The first kappa shape index (κ1) is 15.7. The van der Waals surface area contributed by atoms with E-state index in [1.807, 2.05) is 29.6 Å². The Bertz CT molecular complexity index is 670. The van der Waals surface area contributed by atoms with Gasteiger partial charge in [-0.25, -0.2) is 9.69 Å². The molecule has 1 aromatic heterocycles. The van der Waals surface area contributed by atoms with Crippen LogP contribution in [-0.2, 0) is 0 Å². The van der Waals surface area contributed by atoms with E-state index in [1.54, 1.807) is 23.1 Å². The molecule has 1 saturated heterocycles.